The summed E-state index contributed by atoms with van der Waals surface area (Å²) in [4.78, 5) is 169. The zero-order chi connectivity index (χ0) is 69.7. The van der Waals surface area contributed by atoms with Crippen LogP contribution < -0.4 is 31.9 Å². The van der Waals surface area contributed by atoms with E-state index in [1.165, 1.54) is 41.5 Å². The van der Waals surface area contributed by atoms with Gasteiger partial charge in [0.2, 0.25) is 0 Å². The zero-order valence-corrected chi connectivity index (χ0v) is 52.6. The quantitative estimate of drug-likeness (QED) is 0.0137. The van der Waals surface area contributed by atoms with E-state index >= 15 is 0 Å². The highest BCUT2D eigenvalue weighted by Gasteiger charge is 2.34. The molecule has 0 saturated carbocycles. The Kier molecular flexibility index (Phi) is 43.6. The van der Waals surface area contributed by atoms with Crippen LogP contribution in [-0.2, 0) is 108 Å². The molecule has 0 rings (SSSR count). The van der Waals surface area contributed by atoms with Gasteiger partial charge in [-0.3, -0.25) is 13.6 Å². The highest BCUT2D eigenvalue weighted by atomic mass is 31.2. The Morgan fingerprint density at radius 2 is 0.451 bits per heavy atom. The van der Waals surface area contributed by atoms with Gasteiger partial charge in [0.15, 0.2) is 0 Å². The average molecular weight is 1350 g/mol. The topological polar surface area (TPSA) is 510 Å². The largest absolute Gasteiger partial charge is 0.473 e. The van der Waals surface area contributed by atoms with Gasteiger partial charge in [-0.15, -0.1) is 0 Å². The zero-order valence-electron chi connectivity index (χ0n) is 50.8. The first-order valence-corrected chi connectivity index (χ1v) is 29.3. The standard InChI is InChI=1S/C34H51N4O20P.C17H27N2O12P/c1-21(2)27(39)49-13-9-35-31(43)53-17-25(18-54-32(44)36-10-14-50-28(40)22(3)4)57-59(47,48)58-26(19-55-33(45)37-11-15-51-29(41)23(5)6)20-56-34(46)38-12-16-52-30(42)24(7)8;1-11(2)14(20)27-7-5-18-16(22)29-9-13(31-32(24,25)26)10-30-17(23)19-6-8-28-15(21)12(3)4/h25-26H,1,3,5,7,9-20H2,2,4,6,8H3,(H,35,43)(H,36,44)(H,37,45)(H,38,46)(H,47,48);13H,1,3,5-10H2,2,4H3,(H,18,22)(H,19,23)(H2,24,25,26). The number of hydrogen-bond acceptors (Lipinski definition) is 29. The van der Waals surface area contributed by atoms with Gasteiger partial charge in [0.25, 0.3) is 0 Å². The smallest absolute Gasteiger partial charge is 0.460 e. The first-order valence-electron chi connectivity index (χ1n) is 26.3. The first-order chi connectivity index (χ1) is 42.4. The maximum Gasteiger partial charge on any atom is 0.473 e. The molecule has 0 fully saturated rings. The fourth-order valence-corrected chi connectivity index (χ4v) is 6.32. The molecule has 0 unspecified atom stereocenters. The van der Waals surface area contributed by atoms with Crippen LogP contribution in [0.5, 0.6) is 0 Å². The normalized spacial score (nSPS) is 10.6. The summed E-state index contributed by atoms with van der Waals surface area (Å²) in [7, 11) is -10.3. The number of amides is 6. The molecule has 0 spiro atoms. The summed E-state index contributed by atoms with van der Waals surface area (Å²) in [5.41, 5.74) is 0.826. The number of hydrogen-bond donors (Lipinski definition) is 9. The van der Waals surface area contributed by atoms with E-state index in [0.717, 1.165) is 0 Å². The van der Waals surface area contributed by atoms with Crippen molar-refractivity contribution in [3.05, 3.63) is 72.9 Å². The summed E-state index contributed by atoms with van der Waals surface area (Å²) in [5, 5.41) is 13.4. The monoisotopic (exact) mass is 1350 g/mol. The van der Waals surface area contributed by atoms with Crippen LogP contribution in [0.3, 0.4) is 0 Å². The van der Waals surface area contributed by atoms with Crippen molar-refractivity contribution in [3.8, 4) is 0 Å². The minimum Gasteiger partial charge on any atom is -0.460 e. The molecular weight excluding hydrogens is 1270 g/mol. The number of ether oxygens (including phenoxy) is 12. The molecule has 0 heterocycles. The van der Waals surface area contributed by atoms with E-state index < -0.39 is 146 Å². The molecule has 6 amide bonds. The van der Waals surface area contributed by atoms with Crippen LogP contribution in [0, 0.1) is 0 Å². The molecule has 0 aliphatic carbocycles. The molecule has 0 saturated heterocycles. The van der Waals surface area contributed by atoms with E-state index in [1.807, 2.05) is 0 Å². The van der Waals surface area contributed by atoms with Crippen LogP contribution in [0.25, 0.3) is 0 Å². The molecule has 0 aromatic carbocycles. The van der Waals surface area contributed by atoms with Crippen LogP contribution in [0.1, 0.15) is 41.5 Å². The van der Waals surface area contributed by atoms with Gasteiger partial charge >= 0.3 is 88.0 Å². The summed E-state index contributed by atoms with van der Waals surface area (Å²) in [6, 6.07) is 0. The minimum absolute atomic E-state index is 0.100. The number of phosphoric acid groups is 2. The van der Waals surface area contributed by atoms with Crippen molar-refractivity contribution in [1.82, 2.24) is 31.9 Å². The van der Waals surface area contributed by atoms with Gasteiger partial charge < -0.3 is 103 Å². The highest BCUT2D eigenvalue weighted by Crippen LogP contribution is 2.46. The molecule has 91 heavy (non-hydrogen) atoms. The van der Waals surface area contributed by atoms with Gasteiger partial charge in [-0.2, -0.15) is 0 Å². The molecular formula is C51H78N6O32P2. The number of phosphoric ester groups is 2. The van der Waals surface area contributed by atoms with Crippen molar-refractivity contribution >= 4 is 88.0 Å². The van der Waals surface area contributed by atoms with Gasteiger partial charge in [-0.1, -0.05) is 39.5 Å². The van der Waals surface area contributed by atoms with Crippen LogP contribution >= 0.6 is 15.6 Å². The summed E-state index contributed by atoms with van der Waals surface area (Å²) >= 11 is 0. The second-order valence-electron chi connectivity index (χ2n) is 17.8. The third kappa shape index (κ3) is 48.7. The third-order valence-corrected chi connectivity index (χ3v) is 10.7. The first kappa shape index (κ1) is 84.2. The number of carbonyl (C=O) groups is 12. The Morgan fingerprint density at radius 1 is 0.297 bits per heavy atom. The van der Waals surface area contributed by atoms with Crippen molar-refractivity contribution in [3.63, 3.8) is 0 Å². The van der Waals surface area contributed by atoms with Crippen molar-refractivity contribution in [1.29, 1.82) is 0 Å². The van der Waals surface area contributed by atoms with Crippen molar-refractivity contribution < 1.29 is 152 Å². The Morgan fingerprint density at radius 3 is 0.593 bits per heavy atom. The summed E-state index contributed by atoms with van der Waals surface area (Å²) in [5.74, 6) is -4.13. The SMILES string of the molecule is C=C(C)C(=O)OCCNC(=O)OCC(COC(=O)NCCOC(=O)C(=C)C)OP(=O)(O)O.C=C(C)C(=O)OCCNC(=O)OCC(COC(=O)NCCOC(=O)C(=C)C)OP(=O)(O)OC(COC(=O)NCCOC(=O)C(=C)C)COC(=O)NCCOC(=O)C(=C)C. The van der Waals surface area contributed by atoms with E-state index in [0.29, 0.717) is 0 Å². The van der Waals surface area contributed by atoms with Crippen molar-refractivity contribution in [2.45, 2.75) is 59.9 Å². The van der Waals surface area contributed by atoms with Crippen molar-refractivity contribution in [2.24, 2.45) is 0 Å². The Balaban J connectivity index is 0. The van der Waals surface area contributed by atoms with E-state index in [-0.39, 0.29) is 112 Å². The Bertz CT molecular complexity index is 2400. The van der Waals surface area contributed by atoms with Gasteiger partial charge in [-0.25, -0.2) is 66.7 Å². The number of nitrogens with one attached hydrogen (secondary N) is 6. The molecule has 0 radical (unpaired) electrons. The predicted octanol–water partition coefficient (Wildman–Crippen LogP) is 1.39. The number of esters is 6. The number of carbonyl (C=O) groups excluding carboxylic acids is 12. The molecule has 9 N–H and O–H groups in total. The molecule has 0 bridgehead atoms. The predicted molar refractivity (Wildman–Crippen MR) is 307 cm³/mol. The van der Waals surface area contributed by atoms with E-state index in [1.54, 1.807) is 0 Å². The summed E-state index contributed by atoms with van der Waals surface area (Å²) in [6.07, 6.45) is -11.4. The molecule has 0 aromatic rings. The lowest BCUT2D eigenvalue weighted by atomic mass is 10.4. The second kappa shape index (κ2) is 47.1. The van der Waals surface area contributed by atoms with Gasteiger partial charge in [0.05, 0.1) is 39.3 Å². The molecule has 40 heteroatoms. The van der Waals surface area contributed by atoms with E-state index in [4.69, 9.17) is 75.7 Å². The molecule has 514 valence electrons. The molecule has 0 aliphatic heterocycles. The van der Waals surface area contributed by atoms with E-state index in [2.05, 4.69) is 75.9 Å². The van der Waals surface area contributed by atoms with Crippen LogP contribution in [0.15, 0.2) is 72.9 Å². The Labute approximate surface area is 521 Å². The highest BCUT2D eigenvalue weighted by molar-refractivity contribution is 7.47. The average Bonchev–Trinajstić information content (AvgIpc) is 2.94. The van der Waals surface area contributed by atoms with Gasteiger partial charge in [0, 0.05) is 33.4 Å². The van der Waals surface area contributed by atoms with Crippen molar-refractivity contribution in [2.75, 3.05) is 119 Å². The minimum atomic E-state index is -5.34. The molecule has 0 aliphatic rings. The fraction of sp³-hybridized carbons (Fsp3) is 0.529. The summed E-state index contributed by atoms with van der Waals surface area (Å²) < 4.78 is 97.0. The number of rotatable bonds is 42. The van der Waals surface area contributed by atoms with Crippen LogP contribution in [0.4, 0.5) is 28.8 Å². The van der Waals surface area contributed by atoms with Crippen LogP contribution in [-0.4, -0.2) is 224 Å². The lowest BCUT2D eigenvalue weighted by molar-refractivity contribution is -0.139. The summed E-state index contributed by atoms with van der Waals surface area (Å²) in [6.45, 7) is 21.7. The van der Waals surface area contributed by atoms with Gasteiger partial charge in [0.1, 0.15) is 97.6 Å². The van der Waals surface area contributed by atoms with E-state index in [9.17, 15) is 71.6 Å². The lowest BCUT2D eigenvalue weighted by Crippen LogP contribution is -2.37. The molecule has 0 aromatic heterocycles. The third-order valence-electron chi connectivity index (χ3n) is 8.97. The lowest BCUT2D eigenvalue weighted by Gasteiger charge is -2.24. The van der Waals surface area contributed by atoms with Gasteiger partial charge in [-0.05, 0) is 41.5 Å². The van der Waals surface area contributed by atoms with Crippen LogP contribution in [0.2, 0.25) is 0 Å². The second-order valence-corrected chi connectivity index (χ2v) is 20.3. The molecule has 38 nitrogen and oxygen atoms in total. The number of alkyl carbamates (subject to hydrolysis) is 6. The molecule has 0 atom stereocenters. The fourth-order valence-electron chi connectivity index (χ4n) is 4.76. The Hall–Kier alpha value is -8.90. The maximum atomic E-state index is 13.2. The maximum absolute atomic E-state index is 13.2.